The van der Waals surface area contributed by atoms with Crippen LogP contribution >= 0.6 is 23.2 Å². The van der Waals surface area contributed by atoms with Crippen LogP contribution in [-0.2, 0) is 17.6 Å². The number of carbonyl (C=O) groups is 1. The van der Waals surface area contributed by atoms with Gasteiger partial charge in [0.05, 0.1) is 11.7 Å². The van der Waals surface area contributed by atoms with Crippen LogP contribution in [0.15, 0.2) is 18.2 Å². The molecule has 2 rings (SSSR count). The summed E-state index contributed by atoms with van der Waals surface area (Å²) in [7, 11) is 0. The molecule has 1 heterocycles. The molecule has 24 heavy (non-hydrogen) atoms. The maximum Gasteiger partial charge on any atom is 0.221 e. The Morgan fingerprint density at radius 3 is 2.50 bits per heavy atom. The average Bonchev–Trinajstić information content (AvgIpc) is 2.84. The van der Waals surface area contributed by atoms with Gasteiger partial charge in [0.1, 0.15) is 5.75 Å². The number of hydrogen-bond donors (Lipinski definition) is 1. The van der Waals surface area contributed by atoms with E-state index in [1.165, 1.54) is 0 Å². The van der Waals surface area contributed by atoms with Crippen molar-refractivity contribution >= 4 is 29.6 Å². The predicted molar refractivity (Wildman–Crippen MR) is 96.3 cm³/mol. The third-order valence-corrected chi connectivity index (χ3v) is 3.96. The molecule has 1 N–H and O–H groups in total. The number of aromatic nitrogens is 2. The molecule has 0 bridgehead atoms. The third kappa shape index (κ3) is 4.42. The van der Waals surface area contributed by atoms with E-state index in [0.717, 1.165) is 17.7 Å². The highest BCUT2D eigenvalue weighted by molar-refractivity contribution is 6.34. The summed E-state index contributed by atoms with van der Waals surface area (Å²) in [5.74, 6) is 1.26. The van der Waals surface area contributed by atoms with E-state index in [4.69, 9.17) is 27.9 Å². The maximum absolute atomic E-state index is 10.4. The van der Waals surface area contributed by atoms with Crippen molar-refractivity contribution < 1.29 is 9.53 Å². The topological polar surface area (TPSA) is 56.2 Å². The van der Waals surface area contributed by atoms with Crippen LogP contribution in [0.4, 0.5) is 0 Å². The third-order valence-electron chi connectivity index (χ3n) is 3.53. The van der Waals surface area contributed by atoms with Gasteiger partial charge in [0.15, 0.2) is 0 Å². The first kappa shape index (κ1) is 18.6. The Bertz CT molecular complexity index is 694. The van der Waals surface area contributed by atoms with Gasteiger partial charge in [0.2, 0.25) is 12.3 Å². The van der Waals surface area contributed by atoms with Gasteiger partial charge in [-0.2, -0.15) is 5.10 Å². The zero-order chi connectivity index (χ0) is 17.7. The number of amides is 1. The number of hydrogen-bond acceptors (Lipinski definition) is 3. The molecular weight excluding hydrogens is 349 g/mol. The number of rotatable bonds is 8. The van der Waals surface area contributed by atoms with Crippen molar-refractivity contribution in [1.82, 2.24) is 15.1 Å². The summed E-state index contributed by atoms with van der Waals surface area (Å²) in [5.41, 5.74) is 1.94. The fourth-order valence-electron chi connectivity index (χ4n) is 2.46. The first-order chi connectivity index (χ1) is 11.5. The minimum Gasteiger partial charge on any atom is -0.439 e. The van der Waals surface area contributed by atoms with Gasteiger partial charge in [-0.25, -0.2) is 4.68 Å². The molecule has 0 radical (unpaired) electrons. The minimum atomic E-state index is 0.132. The zero-order valence-corrected chi connectivity index (χ0v) is 15.5. The molecular formula is C17H21Cl2N3O2. The minimum absolute atomic E-state index is 0.132. The molecule has 0 aliphatic carbocycles. The van der Waals surface area contributed by atoms with Gasteiger partial charge in [-0.1, -0.05) is 30.1 Å². The highest BCUT2D eigenvalue weighted by Gasteiger charge is 2.20. The van der Waals surface area contributed by atoms with Crippen molar-refractivity contribution in [2.75, 3.05) is 6.54 Å². The van der Waals surface area contributed by atoms with Crippen LogP contribution < -0.4 is 10.1 Å². The molecule has 0 fully saturated rings. The van der Waals surface area contributed by atoms with E-state index in [0.29, 0.717) is 41.1 Å². The van der Waals surface area contributed by atoms with E-state index in [1.807, 2.05) is 18.5 Å². The van der Waals surface area contributed by atoms with Crippen LogP contribution in [-0.4, -0.2) is 22.7 Å². The fourth-order valence-corrected chi connectivity index (χ4v) is 2.97. The Kier molecular flexibility index (Phi) is 6.52. The van der Waals surface area contributed by atoms with Gasteiger partial charge < -0.3 is 10.1 Å². The molecule has 0 aliphatic heterocycles. The molecule has 1 aromatic heterocycles. The summed E-state index contributed by atoms with van der Waals surface area (Å²) in [4.78, 5) is 10.4. The lowest BCUT2D eigenvalue weighted by molar-refractivity contribution is -0.109. The Morgan fingerprint density at radius 1 is 1.29 bits per heavy atom. The molecule has 0 unspecified atom stereocenters. The highest BCUT2D eigenvalue weighted by Crippen LogP contribution is 2.33. The molecule has 1 amide bonds. The molecule has 2 aromatic rings. The number of ether oxygens (including phenoxy) is 1. The van der Waals surface area contributed by atoms with Gasteiger partial charge in [0.25, 0.3) is 0 Å². The van der Waals surface area contributed by atoms with Crippen LogP contribution in [0.3, 0.4) is 0 Å². The van der Waals surface area contributed by atoms with Crippen LogP contribution in [0.5, 0.6) is 11.6 Å². The fraction of sp³-hybridized carbons (Fsp3) is 0.412. The first-order valence-electron chi connectivity index (χ1n) is 7.87. The SMILES string of the molecule is CCc1c(CCNC=O)nn(C(C)C)c1Oc1cc(Cl)cc(Cl)c1. The largest absolute Gasteiger partial charge is 0.439 e. The lowest BCUT2D eigenvalue weighted by Crippen LogP contribution is -2.15. The van der Waals surface area contributed by atoms with Gasteiger partial charge in [-0.3, -0.25) is 4.79 Å². The normalized spacial score (nSPS) is 10.9. The highest BCUT2D eigenvalue weighted by atomic mass is 35.5. The number of benzene rings is 1. The molecule has 130 valence electrons. The number of carbonyl (C=O) groups excluding carboxylic acids is 1. The average molecular weight is 370 g/mol. The van der Waals surface area contributed by atoms with E-state index >= 15 is 0 Å². The zero-order valence-electron chi connectivity index (χ0n) is 14.0. The summed E-state index contributed by atoms with van der Waals surface area (Å²) in [5, 5.41) is 8.36. The van der Waals surface area contributed by atoms with Crippen molar-refractivity contribution in [3.63, 3.8) is 0 Å². The summed E-state index contributed by atoms with van der Waals surface area (Å²) in [6.45, 7) is 6.67. The Morgan fingerprint density at radius 2 is 1.96 bits per heavy atom. The number of nitrogens with zero attached hydrogens (tertiary/aromatic N) is 2. The second-order valence-corrected chi connectivity index (χ2v) is 6.52. The first-order valence-corrected chi connectivity index (χ1v) is 8.63. The van der Waals surface area contributed by atoms with Gasteiger partial charge in [-0.05, 0) is 38.5 Å². The van der Waals surface area contributed by atoms with E-state index in [-0.39, 0.29) is 6.04 Å². The number of nitrogens with one attached hydrogen (secondary N) is 1. The maximum atomic E-state index is 10.4. The summed E-state index contributed by atoms with van der Waals surface area (Å²) in [6, 6.07) is 5.23. The van der Waals surface area contributed by atoms with Gasteiger partial charge in [0, 0.05) is 28.6 Å². The summed E-state index contributed by atoms with van der Waals surface area (Å²) in [6.07, 6.45) is 2.11. The van der Waals surface area contributed by atoms with Crippen molar-refractivity contribution in [3.05, 3.63) is 39.5 Å². The molecule has 1 aromatic carbocycles. The lowest BCUT2D eigenvalue weighted by Gasteiger charge is -2.13. The second kappa shape index (κ2) is 8.40. The summed E-state index contributed by atoms with van der Waals surface area (Å²) < 4.78 is 7.93. The van der Waals surface area contributed by atoms with E-state index in [1.54, 1.807) is 18.2 Å². The predicted octanol–water partition coefficient (Wildman–Crippen LogP) is 4.41. The van der Waals surface area contributed by atoms with Crippen molar-refractivity contribution in [1.29, 1.82) is 0 Å². The summed E-state index contributed by atoms with van der Waals surface area (Å²) >= 11 is 12.1. The Balaban J connectivity index is 2.40. The van der Waals surface area contributed by atoms with Crippen molar-refractivity contribution in [2.45, 2.75) is 39.7 Å². The smallest absolute Gasteiger partial charge is 0.221 e. The van der Waals surface area contributed by atoms with Gasteiger partial charge >= 0.3 is 0 Å². The molecule has 7 heteroatoms. The molecule has 5 nitrogen and oxygen atoms in total. The van der Waals surface area contributed by atoms with Crippen LogP contribution in [0.25, 0.3) is 0 Å². The monoisotopic (exact) mass is 369 g/mol. The van der Waals surface area contributed by atoms with E-state index < -0.39 is 0 Å². The standard InChI is InChI=1S/C17H21Cl2N3O2/c1-4-15-16(5-6-20-10-23)21-22(11(2)3)17(15)24-14-8-12(18)7-13(19)9-14/h7-11H,4-6H2,1-3H3,(H,20,23). The van der Waals surface area contributed by atoms with E-state index in [9.17, 15) is 4.79 Å². The molecule has 0 atom stereocenters. The lowest BCUT2D eigenvalue weighted by atomic mass is 10.1. The van der Waals surface area contributed by atoms with Gasteiger partial charge in [-0.15, -0.1) is 0 Å². The van der Waals surface area contributed by atoms with Crippen molar-refractivity contribution in [3.8, 4) is 11.6 Å². The Labute approximate surface area is 151 Å². The quantitative estimate of drug-likeness (QED) is 0.553. The van der Waals surface area contributed by atoms with Crippen LogP contribution in [0.1, 0.15) is 38.1 Å². The molecule has 0 aliphatic rings. The second-order valence-electron chi connectivity index (χ2n) is 5.65. The number of halogens is 2. The van der Waals surface area contributed by atoms with Crippen molar-refractivity contribution in [2.24, 2.45) is 0 Å². The molecule has 0 saturated heterocycles. The molecule has 0 spiro atoms. The molecule has 0 saturated carbocycles. The van der Waals surface area contributed by atoms with Crippen LogP contribution in [0.2, 0.25) is 10.0 Å². The Hall–Kier alpha value is -1.72. The van der Waals surface area contributed by atoms with E-state index in [2.05, 4.69) is 17.3 Å². The van der Waals surface area contributed by atoms with Crippen LogP contribution in [0, 0.1) is 0 Å².